The summed E-state index contributed by atoms with van der Waals surface area (Å²) in [5.74, 6) is -1.38. The van der Waals surface area contributed by atoms with Crippen molar-refractivity contribution in [1.29, 1.82) is 0 Å². The van der Waals surface area contributed by atoms with E-state index < -0.39 is 17.4 Å². The molecule has 0 aliphatic rings. The number of carbonyl (C=O) groups is 2. The van der Waals surface area contributed by atoms with Gasteiger partial charge < -0.3 is 10.4 Å². The van der Waals surface area contributed by atoms with E-state index in [0.29, 0.717) is 0 Å². The first-order chi connectivity index (χ1) is 6.64. The second kappa shape index (κ2) is 4.96. The van der Waals surface area contributed by atoms with Gasteiger partial charge in [-0.2, -0.15) is 0 Å². The van der Waals surface area contributed by atoms with E-state index in [0.717, 1.165) is 5.57 Å². The van der Waals surface area contributed by atoms with Crippen molar-refractivity contribution in [3.8, 4) is 0 Å². The fourth-order valence-corrected chi connectivity index (χ4v) is 1.09. The summed E-state index contributed by atoms with van der Waals surface area (Å²) < 4.78 is 0. The average molecular weight is 213 g/mol. The molecule has 0 heterocycles. The SMILES string of the molecule is CC(C)=CC(=O)N[C@H](C(=O)O)C(C)(C)C. The third kappa shape index (κ3) is 5.20. The summed E-state index contributed by atoms with van der Waals surface area (Å²) in [6, 6.07) is -0.874. The summed E-state index contributed by atoms with van der Waals surface area (Å²) in [6.45, 7) is 8.89. The van der Waals surface area contributed by atoms with Crippen LogP contribution >= 0.6 is 0 Å². The molecule has 0 radical (unpaired) electrons. The number of carboxylic acids is 1. The van der Waals surface area contributed by atoms with Gasteiger partial charge in [0.1, 0.15) is 6.04 Å². The summed E-state index contributed by atoms with van der Waals surface area (Å²) in [4.78, 5) is 22.3. The molecule has 0 aliphatic heterocycles. The molecule has 0 bridgehead atoms. The molecule has 0 aromatic heterocycles. The number of hydrogen-bond acceptors (Lipinski definition) is 2. The Hall–Kier alpha value is -1.32. The van der Waals surface area contributed by atoms with Gasteiger partial charge in [0.2, 0.25) is 5.91 Å². The van der Waals surface area contributed by atoms with E-state index in [1.165, 1.54) is 6.08 Å². The van der Waals surface area contributed by atoms with Crippen LogP contribution in [0.15, 0.2) is 11.6 Å². The van der Waals surface area contributed by atoms with Gasteiger partial charge in [-0.05, 0) is 19.3 Å². The molecule has 0 saturated heterocycles. The molecule has 15 heavy (non-hydrogen) atoms. The normalized spacial score (nSPS) is 12.9. The van der Waals surface area contributed by atoms with Gasteiger partial charge in [0.05, 0.1) is 0 Å². The molecule has 2 N–H and O–H groups in total. The lowest BCUT2D eigenvalue weighted by Gasteiger charge is -2.27. The van der Waals surface area contributed by atoms with Gasteiger partial charge in [-0.15, -0.1) is 0 Å². The molecule has 86 valence electrons. The monoisotopic (exact) mass is 213 g/mol. The van der Waals surface area contributed by atoms with Crippen LogP contribution in [-0.4, -0.2) is 23.0 Å². The van der Waals surface area contributed by atoms with Gasteiger partial charge >= 0.3 is 5.97 Å². The summed E-state index contributed by atoms with van der Waals surface area (Å²) >= 11 is 0. The van der Waals surface area contributed by atoms with Gasteiger partial charge in [-0.25, -0.2) is 4.79 Å². The van der Waals surface area contributed by atoms with Crippen LogP contribution in [0.3, 0.4) is 0 Å². The number of rotatable bonds is 3. The lowest BCUT2D eigenvalue weighted by atomic mass is 9.87. The molecule has 0 aromatic carbocycles. The molecule has 0 fully saturated rings. The first-order valence-corrected chi connectivity index (χ1v) is 4.83. The maximum atomic E-state index is 11.4. The second-order valence-electron chi connectivity index (χ2n) is 4.87. The van der Waals surface area contributed by atoms with Crippen molar-refractivity contribution in [3.05, 3.63) is 11.6 Å². The molecule has 0 aliphatic carbocycles. The average Bonchev–Trinajstić information content (AvgIpc) is 1.95. The highest BCUT2D eigenvalue weighted by atomic mass is 16.4. The van der Waals surface area contributed by atoms with E-state index in [1.807, 2.05) is 0 Å². The molecule has 0 saturated carbocycles. The van der Waals surface area contributed by atoms with Crippen molar-refractivity contribution in [3.63, 3.8) is 0 Å². The third-order valence-corrected chi connectivity index (χ3v) is 1.82. The minimum atomic E-state index is -1.02. The number of aliphatic carboxylic acids is 1. The first kappa shape index (κ1) is 13.7. The summed E-state index contributed by atoms with van der Waals surface area (Å²) in [5.41, 5.74) is 0.335. The van der Waals surface area contributed by atoms with Crippen LogP contribution in [0, 0.1) is 5.41 Å². The Morgan fingerprint density at radius 2 is 1.73 bits per heavy atom. The van der Waals surface area contributed by atoms with Crippen LogP contribution in [-0.2, 0) is 9.59 Å². The molecule has 1 atom stereocenters. The summed E-state index contributed by atoms with van der Waals surface area (Å²) in [7, 11) is 0. The maximum Gasteiger partial charge on any atom is 0.326 e. The largest absolute Gasteiger partial charge is 0.480 e. The number of allylic oxidation sites excluding steroid dienone is 1. The van der Waals surface area contributed by atoms with Gasteiger partial charge in [0.15, 0.2) is 0 Å². The third-order valence-electron chi connectivity index (χ3n) is 1.82. The molecule has 1 amide bonds. The number of carboxylic acid groups (broad SMARTS) is 1. The van der Waals surface area contributed by atoms with Gasteiger partial charge in [0, 0.05) is 6.08 Å². The fourth-order valence-electron chi connectivity index (χ4n) is 1.09. The summed E-state index contributed by atoms with van der Waals surface area (Å²) in [6.07, 6.45) is 1.39. The quantitative estimate of drug-likeness (QED) is 0.699. The number of carbonyl (C=O) groups excluding carboxylic acids is 1. The van der Waals surface area contributed by atoms with Crippen LogP contribution in [0.1, 0.15) is 34.6 Å². The minimum Gasteiger partial charge on any atom is -0.480 e. The van der Waals surface area contributed by atoms with E-state index in [2.05, 4.69) is 5.32 Å². The van der Waals surface area contributed by atoms with E-state index in [1.54, 1.807) is 34.6 Å². The molecule has 0 spiro atoms. The molecule has 0 aromatic rings. The van der Waals surface area contributed by atoms with Crippen LogP contribution in [0.2, 0.25) is 0 Å². The lowest BCUT2D eigenvalue weighted by Crippen LogP contribution is -2.48. The van der Waals surface area contributed by atoms with Crippen molar-refractivity contribution < 1.29 is 14.7 Å². The van der Waals surface area contributed by atoms with E-state index in [-0.39, 0.29) is 5.91 Å². The van der Waals surface area contributed by atoms with Gasteiger partial charge in [-0.1, -0.05) is 26.3 Å². The Labute approximate surface area is 90.4 Å². The summed E-state index contributed by atoms with van der Waals surface area (Å²) in [5, 5.41) is 11.4. The van der Waals surface area contributed by atoms with Gasteiger partial charge in [0.25, 0.3) is 0 Å². The van der Waals surface area contributed by atoms with Crippen LogP contribution in [0.5, 0.6) is 0 Å². The van der Waals surface area contributed by atoms with Crippen molar-refractivity contribution >= 4 is 11.9 Å². The van der Waals surface area contributed by atoms with Crippen LogP contribution in [0.4, 0.5) is 0 Å². The topological polar surface area (TPSA) is 66.4 Å². The Morgan fingerprint density at radius 3 is 2.00 bits per heavy atom. The van der Waals surface area contributed by atoms with E-state index in [9.17, 15) is 9.59 Å². The standard InChI is InChI=1S/C11H19NO3/c1-7(2)6-8(13)12-9(10(14)15)11(3,4)5/h6,9H,1-5H3,(H,12,13)(H,14,15)/t9-/m1/s1. The number of nitrogens with one attached hydrogen (secondary N) is 1. The highest BCUT2D eigenvalue weighted by Crippen LogP contribution is 2.19. The zero-order chi connectivity index (χ0) is 12.2. The van der Waals surface area contributed by atoms with Crippen LogP contribution < -0.4 is 5.32 Å². The zero-order valence-electron chi connectivity index (χ0n) is 9.92. The molecule has 0 rings (SSSR count). The fraction of sp³-hybridized carbons (Fsp3) is 0.636. The van der Waals surface area contributed by atoms with Crippen LogP contribution in [0.25, 0.3) is 0 Å². The molecular formula is C11H19NO3. The van der Waals surface area contributed by atoms with Crippen molar-refractivity contribution in [2.24, 2.45) is 5.41 Å². The predicted molar refractivity (Wildman–Crippen MR) is 58.5 cm³/mol. The second-order valence-corrected chi connectivity index (χ2v) is 4.87. The van der Waals surface area contributed by atoms with Crippen molar-refractivity contribution in [2.75, 3.05) is 0 Å². The van der Waals surface area contributed by atoms with Gasteiger partial charge in [-0.3, -0.25) is 4.79 Å². The Kier molecular flexibility index (Phi) is 4.52. The first-order valence-electron chi connectivity index (χ1n) is 4.83. The molecular weight excluding hydrogens is 194 g/mol. The smallest absolute Gasteiger partial charge is 0.326 e. The highest BCUT2D eigenvalue weighted by Gasteiger charge is 2.31. The maximum absolute atomic E-state index is 11.4. The van der Waals surface area contributed by atoms with Crippen molar-refractivity contribution in [1.82, 2.24) is 5.32 Å². The number of amides is 1. The molecule has 0 unspecified atom stereocenters. The Balaban J connectivity index is 4.66. The van der Waals surface area contributed by atoms with E-state index >= 15 is 0 Å². The highest BCUT2D eigenvalue weighted by molar-refractivity contribution is 5.91. The van der Waals surface area contributed by atoms with Crippen molar-refractivity contribution in [2.45, 2.75) is 40.7 Å². The zero-order valence-corrected chi connectivity index (χ0v) is 9.92. The van der Waals surface area contributed by atoms with E-state index in [4.69, 9.17) is 5.11 Å². The molecule has 4 heteroatoms. The Morgan fingerprint density at radius 1 is 1.27 bits per heavy atom. The number of hydrogen-bond donors (Lipinski definition) is 2. The lowest BCUT2D eigenvalue weighted by molar-refractivity contribution is -0.144. The minimum absolute atomic E-state index is 0.364. The Bertz CT molecular complexity index is 283. The predicted octanol–water partition coefficient (Wildman–Crippen LogP) is 1.57. The molecule has 4 nitrogen and oxygen atoms in total.